The molecule has 0 aliphatic carbocycles. The highest BCUT2D eigenvalue weighted by Crippen LogP contribution is 2.23. The van der Waals surface area contributed by atoms with Crippen molar-refractivity contribution in [3.8, 4) is 0 Å². The summed E-state index contributed by atoms with van der Waals surface area (Å²) in [5.74, 6) is 5.66. The molecule has 6 heteroatoms. The molecule has 5 N–H and O–H groups in total. The molecule has 0 saturated carbocycles. The molecule has 2 aromatic rings. The van der Waals surface area contributed by atoms with Crippen molar-refractivity contribution in [1.29, 1.82) is 0 Å². The Morgan fingerprint density at radius 1 is 1.20 bits per heavy atom. The highest BCUT2D eigenvalue weighted by molar-refractivity contribution is 7.98. The zero-order valence-electron chi connectivity index (χ0n) is 10.9. The van der Waals surface area contributed by atoms with Gasteiger partial charge in [0.05, 0.1) is 23.3 Å². The van der Waals surface area contributed by atoms with Crippen LogP contribution >= 0.6 is 11.8 Å². The second kappa shape index (κ2) is 6.93. The molecule has 0 spiro atoms. The van der Waals surface area contributed by atoms with E-state index in [4.69, 9.17) is 11.6 Å². The van der Waals surface area contributed by atoms with Gasteiger partial charge >= 0.3 is 0 Å². The van der Waals surface area contributed by atoms with Gasteiger partial charge in [-0.15, -0.1) is 11.8 Å². The topological polar surface area (TPSA) is 94.0 Å². The summed E-state index contributed by atoms with van der Waals surface area (Å²) in [6, 6.07) is 11.5. The van der Waals surface area contributed by atoms with Crippen molar-refractivity contribution in [3.63, 3.8) is 0 Å². The van der Waals surface area contributed by atoms with Crippen molar-refractivity contribution >= 4 is 23.4 Å². The van der Waals surface area contributed by atoms with Gasteiger partial charge in [-0.2, -0.15) is 0 Å². The zero-order chi connectivity index (χ0) is 14.4. The van der Waals surface area contributed by atoms with Gasteiger partial charge in [0.1, 0.15) is 0 Å². The summed E-state index contributed by atoms with van der Waals surface area (Å²) in [7, 11) is 0. The van der Waals surface area contributed by atoms with Gasteiger partial charge < -0.3 is 5.73 Å². The second-order valence-corrected chi connectivity index (χ2v) is 5.23. The van der Waals surface area contributed by atoms with Crippen molar-refractivity contribution in [1.82, 2.24) is 10.4 Å². The van der Waals surface area contributed by atoms with Crippen LogP contribution in [0.3, 0.4) is 0 Å². The Hall–Kier alpha value is -2.05. The smallest absolute Gasteiger partial charge is 0.238 e. The van der Waals surface area contributed by atoms with Gasteiger partial charge in [0.15, 0.2) is 0 Å². The number of pyridine rings is 1. The lowest BCUT2D eigenvalue weighted by Crippen LogP contribution is -2.31. The summed E-state index contributed by atoms with van der Waals surface area (Å²) < 4.78 is 0. The maximum Gasteiger partial charge on any atom is 0.238 e. The zero-order valence-corrected chi connectivity index (χ0v) is 11.7. The molecule has 1 heterocycles. The highest BCUT2D eigenvalue weighted by atomic mass is 32.2. The minimum atomic E-state index is -0.201. The molecular weight excluding hydrogens is 272 g/mol. The van der Waals surface area contributed by atoms with E-state index >= 15 is 0 Å². The van der Waals surface area contributed by atoms with Gasteiger partial charge in [-0.3, -0.25) is 10.2 Å². The van der Waals surface area contributed by atoms with Crippen LogP contribution in [0.4, 0.5) is 5.69 Å². The lowest BCUT2D eigenvalue weighted by Gasteiger charge is -2.08. The molecule has 0 aliphatic heterocycles. The SMILES string of the molecule is NNC(=O)Cc1ccccc1CSc1ccc(N)cn1. The van der Waals surface area contributed by atoms with Crippen molar-refractivity contribution in [2.75, 3.05) is 5.73 Å². The molecule has 0 radical (unpaired) electrons. The van der Waals surface area contributed by atoms with Gasteiger partial charge in [-0.25, -0.2) is 10.8 Å². The Labute approximate surface area is 121 Å². The van der Waals surface area contributed by atoms with E-state index in [9.17, 15) is 4.79 Å². The third kappa shape index (κ3) is 3.97. The van der Waals surface area contributed by atoms with Crippen LogP contribution in [0.25, 0.3) is 0 Å². The largest absolute Gasteiger partial charge is 0.397 e. The number of hydrogen-bond acceptors (Lipinski definition) is 5. The highest BCUT2D eigenvalue weighted by Gasteiger charge is 2.07. The average molecular weight is 288 g/mol. The van der Waals surface area contributed by atoms with Crippen LogP contribution in [-0.4, -0.2) is 10.9 Å². The number of carbonyl (C=O) groups excluding carboxylic acids is 1. The number of hydrogen-bond donors (Lipinski definition) is 3. The molecule has 5 nitrogen and oxygen atoms in total. The molecule has 0 bridgehead atoms. The molecule has 0 saturated heterocycles. The number of amides is 1. The minimum Gasteiger partial charge on any atom is -0.397 e. The predicted molar refractivity (Wildman–Crippen MR) is 80.7 cm³/mol. The van der Waals surface area contributed by atoms with Gasteiger partial charge in [-0.05, 0) is 23.3 Å². The third-order valence-electron chi connectivity index (χ3n) is 2.77. The molecule has 0 unspecified atom stereocenters. The summed E-state index contributed by atoms with van der Waals surface area (Å²) in [5, 5.41) is 0.900. The first-order valence-electron chi connectivity index (χ1n) is 6.09. The molecule has 1 amide bonds. The Kier molecular flexibility index (Phi) is 4.97. The summed E-state index contributed by atoms with van der Waals surface area (Å²) in [6.45, 7) is 0. The standard InChI is InChI=1S/C14H16N4OS/c15-12-5-6-14(17-8-12)20-9-11-4-2-1-3-10(11)7-13(19)18-16/h1-6,8H,7,9,15-16H2,(H,18,19). The Morgan fingerprint density at radius 2 is 1.95 bits per heavy atom. The number of aromatic nitrogens is 1. The fourth-order valence-electron chi connectivity index (χ4n) is 1.72. The van der Waals surface area contributed by atoms with Crippen molar-refractivity contribution in [2.24, 2.45) is 5.84 Å². The number of anilines is 1. The van der Waals surface area contributed by atoms with Crippen molar-refractivity contribution < 1.29 is 4.79 Å². The Bertz CT molecular complexity index is 586. The molecule has 1 aromatic heterocycles. The van der Waals surface area contributed by atoms with E-state index in [2.05, 4.69) is 10.4 Å². The number of rotatable bonds is 5. The number of thioether (sulfide) groups is 1. The molecule has 20 heavy (non-hydrogen) atoms. The summed E-state index contributed by atoms with van der Waals surface area (Å²) in [6.07, 6.45) is 1.92. The van der Waals surface area contributed by atoms with Gasteiger partial charge in [0.2, 0.25) is 5.91 Å². The maximum absolute atomic E-state index is 11.4. The van der Waals surface area contributed by atoms with E-state index in [0.29, 0.717) is 5.69 Å². The average Bonchev–Trinajstić information content (AvgIpc) is 2.48. The fourth-order valence-corrected chi connectivity index (χ4v) is 2.60. The first kappa shape index (κ1) is 14.4. The van der Waals surface area contributed by atoms with Gasteiger partial charge in [0.25, 0.3) is 0 Å². The van der Waals surface area contributed by atoms with Crippen molar-refractivity contribution in [3.05, 3.63) is 53.7 Å². The minimum absolute atomic E-state index is 0.201. The number of nitrogens with two attached hydrogens (primary N) is 2. The number of nitrogen functional groups attached to an aromatic ring is 1. The summed E-state index contributed by atoms with van der Waals surface area (Å²) in [5.41, 5.74) is 10.5. The Balaban J connectivity index is 2.05. The van der Waals surface area contributed by atoms with Crippen LogP contribution in [0.2, 0.25) is 0 Å². The summed E-state index contributed by atoms with van der Waals surface area (Å²) in [4.78, 5) is 15.6. The van der Waals surface area contributed by atoms with Crippen LogP contribution in [0.1, 0.15) is 11.1 Å². The molecule has 2 rings (SSSR count). The molecule has 0 atom stereocenters. The first-order chi connectivity index (χ1) is 9.69. The number of hydrazine groups is 1. The van der Waals surface area contributed by atoms with Crippen LogP contribution in [0.5, 0.6) is 0 Å². The lowest BCUT2D eigenvalue weighted by atomic mass is 10.1. The summed E-state index contributed by atoms with van der Waals surface area (Å²) >= 11 is 1.60. The van der Waals surface area contributed by atoms with Crippen LogP contribution in [0, 0.1) is 0 Å². The van der Waals surface area contributed by atoms with E-state index in [1.165, 1.54) is 0 Å². The molecule has 104 valence electrons. The van der Waals surface area contributed by atoms with Crippen LogP contribution < -0.4 is 17.0 Å². The lowest BCUT2D eigenvalue weighted by molar-refractivity contribution is -0.120. The molecule has 1 aromatic carbocycles. The molecule has 0 fully saturated rings. The van der Waals surface area contributed by atoms with Crippen LogP contribution in [0.15, 0.2) is 47.6 Å². The first-order valence-corrected chi connectivity index (χ1v) is 7.08. The van der Waals surface area contributed by atoms with Gasteiger partial charge in [0, 0.05) is 5.75 Å². The van der Waals surface area contributed by atoms with E-state index in [1.807, 2.05) is 36.4 Å². The molecule has 0 aliphatic rings. The number of nitrogens with one attached hydrogen (secondary N) is 1. The quantitative estimate of drug-likeness (QED) is 0.335. The maximum atomic E-state index is 11.4. The van der Waals surface area contributed by atoms with E-state index < -0.39 is 0 Å². The fraction of sp³-hybridized carbons (Fsp3) is 0.143. The van der Waals surface area contributed by atoms with E-state index in [-0.39, 0.29) is 12.3 Å². The number of nitrogens with zero attached hydrogens (tertiary/aromatic N) is 1. The second-order valence-electron chi connectivity index (χ2n) is 4.23. The number of benzene rings is 1. The van der Waals surface area contributed by atoms with Crippen LogP contribution in [-0.2, 0) is 17.0 Å². The monoisotopic (exact) mass is 288 g/mol. The van der Waals surface area contributed by atoms with E-state index in [1.54, 1.807) is 18.0 Å². The van der Waals surface area contributed by atoms with E-state index in [0.717, 1.165) is 21.9 Å². The normalized spacial score (nSPS) is 10.2. The van der Waals surface area contributed by atoms with Gasteiger partial charge in [-0.1, -0.05) is 24.3 Å². The Morgan fingerprint density at radius 3 is 2.60 bits per heavy atom. The van der Waals surface area contributed by atoms with Crippen molar-refractivity contribution in [2.45, 2.75) is 17.2 Å². The number of carbonyl (C=O) groups is 1. The molecular formula is C14H16N4OS. The predicted octanol–water partition coefficient (Wildman–Crippen LogP) is 1.49. The third-order valence-corrected chi connectivity index (χ3v) is 3.76.